The van der Waals surface area contributed by atoms with Crippen LogP contribution < -0.4 is 0 Å². The number of ether oxygens (including phenoxy) is 1. The smallest absolute Gasteiger partial charge is 0.354 e. The monoisotopic (exact) mass is 259 g/mol. The molecule has 0 atom stereocenters. The van der Waals surface area contributed by atoms with E-state index < -0.39 is 17.6 Å². The second kappa shape index (κ2) is 4.33. The van der Waals surface area contributed by atoms with Gasteiger partial charge in [0.1, 0.15) is 17.3 Å². The van der Waals surface area contributed by atoms with Gasteiger partial charge in [-0.05, 0) is 13.0 Å². The summed E-state index contributed by atoms with van der Waals surface area (Å²) in [6, 6.07) is 1.93. The number of rotatable bonds is 2. The predicted octanol–water partition coefficient (Wildman–Crippen LogP) is 3.28. The Morgan fingerprint density at radius 2 is 2.12 bits per heavy atom. The van der Waals surface area contributed by atoms with Crippen molar-refractivity contribution in [1.82, 2.24) is 4.98 Å². The van der Waals surface area contributed by atoms with Crippen molar-refractivity contribution in [3.05, 3.63) is 34.5 Å². The van der Waals surface area contributed by atoms with Crippen LogP contribution in [-0.4, -0.2) is 17.6 Å². The quantitative estimate of drug-likeness (QED) is 0.664. The minimum atomic E-state index is -0.869. The Morgan fingerprint density at radius 3 is 2.76 bits per heavy atom. The van der Waals surface area contributed by atoms with Crippen LogP contribution in [0.25, 0.3) is 10.9 Å². The maximum absolute atomic E-state index is 13.4. The zero-order chi connectivity index (χ0) is 12.6. The molecule has 1 heterocycles. The van der Waals surface area contributed by atoms with E-state index in [0.717, 1.165) is 0 Å². The molecule has 0 radical (unpaired) electrons. The fourth-order valence-corrected chi connectivity index (χ4v) is 1.71. The summed E-state index contributed by atoms with van der Waals surface area (Å²) in [4.78, 5) is 13.9. The zero-order valence-electron chi connectivity index (χ0n) is 8.81. The highest BCUT2D eigenvalue weighted by Gasteiger charge is 2.17. The molecule has 0 fully saturated rings. The van der Waals surface area contributed by atoms with E-state index >= 15 is 0 Å². The summed E-state index contributed by atoms with van der Waals surface area (Å²) in [6.07, 6.45) is 0. The van der Waals surface area contributed by atoms with Gasteiger partial charge in [-0.15, -0.1) is 0 Å². The van der Waals surface area contributed by atoms with Gasteiger partial charge in [-0.1, -0.05) is 11.6 Å². The Kier molecular flexibility index (Phi) is 3.02. The molecule has 0 spiro atoms. The molecule has 0 unspecified atom stereocenters. The third kappa shape index (κ3) is 1.98. The lowest BCUT2D eigenvalue weighted by molar-refractivity contribution is 0.0520. The molecule has 0 saturated heterocycles. The molecule has 0 bridgehead atoms. The molecule has 17 heavy (non-hydrogen) atoms. The standard InChI is InChI=1S/C11H8ClF2NO2/c1-2-17-11(16)8-3-5-9(12)6(13)4-7(14)10(5)15-8/h3-4,15H,2H2,1H3. The highest BCUT2D eigenvalue weighted by atomic mass is 35.5. The van der Waals surface area contributed by atoms with Crippen molar-refractivity contribution in [3.63, 3.8) is 0 Å². The first-order valence-corrected chi connectivity index (χ1v) is 5.25. The number of hydrogen-bond donors (Lipinski definition) is 1. The third-order valence-electron chi connectivity index (χ3n) is 2.25. The predicted molar refractivity (Wildman–Crippen MR) is 59.2 cm³/mol. The normalized spacial score (nSPS) is 10.8. The van der Waals surface area contributed by atoms with Crippen molar-refractivity contribution in [2.24, 2.45) is 0 Å². The largest absolute Gasteiger partial charge is 0.461 e. The molecule has 0 aliphatic rings. The fourth-order valence-electron chi connectivity index (χ4n) is 1.51. The molecule has 3 nitrogen and oxygen atoms in total. The van der Waals surface area contributed by atoms with Crippen molar-refractivity contribution in [2.45, 2.75) is 6.92 Å². The highest BCUT2D eigenvalue weighted by Crippen LogP contribution is 2.29. The van der Waals surface area contributed by atoms with Gasteiger partial charge < -0.3 is 9.72 Å². The SMILES string of the molecule is CCOC(=O)c1cc2c(Cl)c(F)cc(F)c2[nH]1. The summed E-state index contributed by atoms with van der Waals surface area (Å²) in [5.41, 5.74) is 0.0210. The Morgan fingerprint density at radius 1 is 1.41 bits per heavy atom. The van der Waals surface area contributed by atoms with E-state index in [0.29, 0.717) is 6.07 Å². The summed E-state index contributed by atoms with van der Waals surface area (Å²) in [5.74, 6) is -2.32. The number of carbonyl (C=O) groups excluding carboxylic acids is 1. The van der Waals surface area contributed by atoms with Crippen molar-refractivity contribution in [2.75, 3.05) is 6.61 Å². The van der Waals surface area contributed by atoms with Gasteiger partial charge in [0.15, 0.2) is 0 Å². The Bertz CT molecular complexity index is 595. The first-order valence-electron chi connectivity index (χ1n) is 4.88. The Hall–Kier alpha value is -1.62. The van der Waals surface area contributed by atoms with E-state index in [-0.39, 0.29) is 28.2 Å². The lowest BCUT2D eigenvalue weighted by Gasteiger charge is -1.97. The lowest BCUT2D eigenvalue weighted by atomic mass is 10.2. The van der Waals surface area contributed by atoms with Crippen LogP contribution in [0.4, 0.5) is 8.78 Å². The summed E-state index contributed by atoms with van der Waals surface area (Å²) in [7, 11) is 0. The molecule has 0 amide bonds. The van der Waals surface area contributed by atoms with Gasteiger partial charge >= 0.3 is 5.97 Å². The topological polar surface area (TPSA) is 42.1 Å². The van der Waals surface area contributed by atoms with Gasteiger partial charge in [0.05, 0.1) is 17.1 Å². The van der Waals surface area contributed by atoms with Crippen LogP contribution in [0.15, 0.2) is 12.1 Å². The molecule has 1 aromatic heterocycles. The minimum Gasteiger partial charge on any atom is -0.461 e. The number of esters is 1. The van der Waals surface area contributed by atoms with E-state index in [1.165, 1.54) is 6.07 Å². The average molecular weight is 260 g/mol. The molecule has 1 aromatic carbocycles. The van der Waals surface area contributed by atoms with Crippen molar-refractivity contribution < 1.29 is 18.3 Å². The summed E-state index contributed by atoms with van der Waals surface area (Å²) < 4.78 is 31.3. The number of benzene rings is 1. The van der Waals surface area contributed by atoms with Gasteiger partial charge in [0.2, 0.25) is 0 Å². The van der Waals surface area contributed by atoms with Crippen LogP contribution >= 0.6 is 11.6 Å². The molecule has 1 N–H and O–H groups in total. The molecular formula is C11H8ClF2NO2. The number of hydrogen-bond acceptors (Lipinski definition) is 2. The fraction of sp³-hybridized carbons (Fsp3) is 0.182. The third-order valence-corrected chi connectivity index (χ3v) is 2.64. The van der Waals surface area contributed by atoms with Crippen LogP contribution in [0.1, 0.15) is 17.4 Å². The van der Waals surface area contributed by atoms with Crippen LogP contribution in [0.5, 0.6) is 0 Å². The van der Waals surface area contributed by atoms with E-state index in [2.05, 4.69) is 4.98 Å². The lowest BCUT2D eigenvalue weighted by Crippen LogP contribution is -2.04. The number of aromatic amines is 1. The van der Waals surface area contributed by atoms with Crippen LogP contribution in [0, 0.1) is 11.6 Å². The van der Waals surface area contributed by atoms with E-state index in [4.69, 9.17) is 16.3 Å². The van der Waals surface area contributed by atoms with Gasteiger partial charge in [0, 0.05) is 11.5 Å². The molecule has 0 saturated carbocycles. The summed E-state index contributed by atoms with van der Waals surface area (Å²) in [6.45, 7) is 1.84. The van der Waals surface area contributed by atoms with Crippen molar-refractivity contribution in [3.8, 4) is 0 Å². The van der Waals surface area contributed by atoms with Crippen molar-refractivity contribution >= 4 is 28.5 Å². The highest BCUT2D eigenvalue weighted by molar-refractivity contribution is 6.35. The zero-order valence-corrected chi connectivity index (χ0v) is 9.57. The first-order chi connectivity index (χ1) is 8.04. The van der Waals surface area contributed by atoms with Gasteiger partial charge in [-0.3, -0.25) is 0 Å². The molecular weight excluding hydrogens is 252 g/mol. The van der Waals surface area contributed by atoms with E-state index in [1.807, 2.05) is 0 Å². The number of aromatic nitrogens is 1. The second-order valence-corrected chi connectivity index (χ2v) is 3.72. The van der Waals surface area contributed by atoms with Crippen LogP contribution in [0.3, 0.4) is 0 Å². The molecule has 2 aromatic rings. The Labute approximate surface area is 100 Å². The summed E-state index contributed by atoms with van der Waals surface area (Å²) in [5, 5.41) is -0.111. The average Bonchev–Trinajstić information content (AvgIpc) is 2.72. The Balaban J connectivity index is 2.61. The number of halogens is 3. The molecule has 6 heteroatoms. The number of nitrogens with one attached hydrogen (secondary N) is 1. The minimum absolute atomic E-state index is 0.0144. The molecule has 2 rings (SSSR count). The number of fused-ring (bicyclic) bond motifs is 1. The van der Waals surface area contributed by atoms with Gasteiger partial charge in [0.25, 0.3) is 0 Å². The van der Waals surface area contributed by atoms with Crippen molar-refractivity contribution in [1.29, 1.82) is 0 Å². The van der Waals surface area contributed by atoms with Crippen LogP contribution in [0.2, 0.25) is 5.02 Å². The van der Waals surface area contributed by atoms with E-state index in [9.17, 15) is 13.6 Å². The van der Waals surface area contributed by atoms with Gasteiger partial charge in [-0.25, -0.2) is 13.6 Å². The van der Waals surface area contributed by atoms with Gasteiger partial charge in [-0.2, -0.15) is 0 Å². The number of carbonyl (C=O) groups is 1. The number of H-pyrrole nitrogens is 1. The first kappa shape index (κ1) is 11.9. The van der Waals surface area contributed by atoms with E-state index in [1.54, 1.807) is 6.92 Å². The molecule has 0 aliphatic carbocycles. The molecule has 0 aliphatic heterocycles. The maximum Gasteiger partial charge on any atom is 0.354 e. The van der Waals surface area contributed by atoms with Crippen LogP contribution in [-0.2, 0) is 4.74 Å². The summed E-state index contributed by atoms with van der Waals surface area (Å²) >= 11 is 5.68. The second-order valence-electron chi connectivity index (χ2n) is 3.35. The maximum atomic E-state index is 13.4. The molecule has 90 valence electrons.